The number of thiazole rings is 1. The number of morpholine rings is 1. The molecule has 1 aliphatic heterocycles. The molecule has 0 saturated carbocycles. The fourth-order valence-corrected chi connectivity index (χ4v) is 4.80. The Morgan fingerprint density at radius 3 is 2.86 bits per heavy atom. The third-order valence-electron chi connectivity index (χ3n) is 4.55. The van der Waals surface area contributed by atoms with Crippen molar-refractivity contribution in [2.75, 3.05) is 24.7 Å². The number of halogens is 3. The zero-order valence-electron chi connectivity index (χ0n) is 14.7. The second-order valence-electron chi connectivity index (χ2n) is 6.39. The molecule has 150 valence electrons. The van der Waals surface area contributed by atoms with E-state index in [9.17, 15) is 13.2 Å². The highest BCUT2D eigenvalue weighted by molar-refractivity contribution is 7.22. The van der Waals surface area contributed by atoms with E-state index in [0.717, 1.165) is 17.0 Å². The Labute approximate surface area is 170 Å². The van der Waals surface area contributed by atoms with E-state index < -0.39 is 11.7 Å². The van der Waals surface area contributed by atoms with Gasteiger partial charge in [0.05, 0.1) is 33.9 Å². The minimum absolute atomic E-state index is 0.315. The van der Waals surface area contributed by atoms with Crippen LogP contribution in [0, 0.1) is 0 Å². The summed E-state index contributed by atoms with van der Waals surface area (Å²) < 4.78 is 50.7. The summed E-state index contributed by atoms with van der Waals surface area (Å²) in [6, 6.07) is 7.06. The van der Waals surface area contributed by atoms with E-state index in [1.807, 2.05) is 22.4 Å². The average molecular weight is 438 g/mol. The fraction of sp³-hybridized carbons (Fsp3) is 0.278. The lowest BCUT2D eigenvalue weighted by atomic mass is 10.2. The van der Waals surface area contributed by atoms with Gasteiger partial charge in [0.15, 0.2) is 5.13 Å². The van der Waals surface area contributed by atoms with Gasteiger partial charge in [0.25, 0.3) is 5.89 Å². The van der Waals surface area contributed by atoms with Crippen LogP contribution in [-0.4, -0.2) is 34.9 Å². The Kier molecular flexibility index (Phi) is 4.52. The lowest BCUT2D eigenvalue weighted by molar-refractivity contribution is -0.137. The Morgan fingerprint density at radius 2 is 2.07 bits per heavy atom. The van der Waals surface area contributed by atoms with Crippen molar-refractivity contribution in [3.63, 3.8) is 0 Å². The first kappa shape index (κ1) is 18.5. The summed E-state index contributed by atoms with van der Waals surface area (Å²) >= 11 is 2.84. The van der Waals surface area contributed by atoms with E-state index in [1.54, 1.807) is 0 Å². The summed E-state index contributed by atoms with van der Waals surface area (Å²) in [4.78, 5) is 11.8. The topological polar surface area (TPSA) is 64.3 Å². The molecule has 1 saturated heterocycles. The van der Waals surface area contributed by atoms with E-state index in [1.165, 1.54) is 28.7 Å². The molecular weight excluding hydrogens is 425 g/mol. The minimum Gasteiger partial charge on any atom is -0.377 e. The van der Waals surface area contributed by atoms with Crippen molar-refractivity contribution < 1.29 is 22.4 Å². The van der Waals surface area contributed by atoms with Gasteiger partial charge in [-0.15, -0.1) is 11.3 Å². The van der Waals surface area contributed by atoms with Crippen LogP contribution in [0.15, 0.2) is 40.2 Å². The van der Waals surface area contributed by atoms with Crippen LogP contribution >= 0.6 is 22.7 Å². The maximum Gasteiger partial charge on any atom is 0.416 e. The smallest absolute Gasteiger partial charge is 0.377 e. The molecule has 3 aromatic heterocycles. The van der Waals surface area contributed by atoms with E-state index in [-0.39, 0.29) is 6.04 Å². The van der Waals surface area contributed by atoms with Gasteiger partial charge in [-0.3, -0.25) is 0 Å². The van der Waals surface area contributed by atoms with E-state index in [2.05, 4.69) is 15.1 Å². The minimum atomic E-state index is -4.40. The molecule has 11 heteroatoms. The molecule has 0 radical (unpaired) electrons. The SMILES string of the molecule is FC(F)(F)c1ccc2sc(N3CCOC[C@@H]3c3nc(-c4cccs4)no3)nc2c1. The predicted octanol–water partition coefficient (Wildman–Crippen LogP) is 5.00. The summed E-state index contributed by atoms with van der Waals surface area (Å²) in [5.41, 5.74) is -0.396. The molecule has 0 spiro atoms. The summed E-state index contributed by atoms with van der Waals surface area (Å²) in [7, 11) is 0. The molecule has 0 N–H and O–H groups in total. The van der Waals surface area contributed by atoms with Crippen molar-refractivity contribution >= 4 is 38.0 Å². The number of nitrogens with zero attached hydrogens (tertiary/aromatic N) is 4. The third-order valence-corrected chi connectivity index (χ3v) is 6.49. The van der Waals surface area contributed by atoms with Crippen molar-refractivity contribution in [2.24, 2.45) is 0 Å². The zero-order chi connectivity index (χ0) is 20.0. The van der Waals surface area contributed by atoms with Gasteiger partial charge >= 0.3 is 6.18 Å². The van der Waals surface area contributed by atoms with Gasteiger partial charge in [-0.1, -0.05) is 22.6 Å². The van der Waals surface area contributed by atoms with Gasteiger partial charge in [0.1, 0.15) is 6.04 Å². The molecule has 4 aromatic rings. The molecule has 6 nitrogen and oxygen atoms in total. The van der Waals surface area contributed by atoms with Crippen LogP contribution < -0.4 is 4.90 Å². The molecule has 0 unspecified atom stereocenters. The van der Waals surface area contributed by atoms with Gasteiger partial charge in [-0.05, 0) is 29.6 Å². The number of ether oxygens (including phenoxy) is 1. The van der Waals surface area contributed by atoms with Crippen LogP contribution in [0.4, 0.5) is 18.3 Å². The molecule has 5 rings (SSSR count). The van der Waals surface area contributed by atoms with Crippen LogP contribution in [-0.2, 0) is 10.9 Å². The van der Waals surface area contributed by atoms with Crippen LogP contribution in [0.2, 0.25) is 0 Å². The van der Waals surface area contributed by atoms with Crippen molar-refractivity contribution in [3.8, 4) is 10.7 Å². The Hall–Kier alpha value is -2.50. The van der Waals surface area contributed by atoms with Crippen molar-refractivity contribution in [1.29, 1.82) is 0 Å². The summed E-state index contributed by atoms with van der Waals surface area (Å²) in [6.07, 6.45) is -4.40. The van der Waals surface area contributed by atoms with Crippen LogP contribution in [0.3, 0.4) is 0 Å². The van der Waals surface area contributed by atoms with Gasteiger partial charge in [-0.2, -0.15) is 18.2 Å². The molecule has 1 fully saturated rings. The Bertz CT molecular complexity index is 1140. The normalized spacial score (nSPS) is 17.9. The second-order valence-corrected chi connectivity index (χ2v) is 8.35. The number of fused-ring (bicyclic) bond motifs is 1. The molecular formula is C18H13F3N4O2S2. The molecule has 29 heavy (non-hydrogen) atoms. The molecule has 1 aromatic carbocycles. The van der Waals surface area contributed by atoms with Gasteiger partial charge < -0.3 is 14.2 Å². The Morgan fingerprint density at radius 1 is 1.17 bits per heavy atom. The zero-order valence-corrected chi connectivity index (χ0v) is 16.4. The molecule has 4 heterocycles. The van der Waals surface area contributed by atoms with Crippen molar-refractivity contribution in [2.45, 2.75) is 12.2 Å². The largest absolute Gasteiger partial charge is 0.416 e. The van der Waals surface area contributed by atoms with Crippen molar-refractivity contribution in [1.82, 2.24) is 15.1 Å². The maximum absolute atomic E-state index is 13.0. The van der Waals surface area contributed by atoms with E-state index in [0.29, 0.717) is 46.8 Å². The number of benzene rings is 1. The monoisotopic (exact) mass is 438 g/mol. The molecule has 0 aliphatic carbocycles. The number of thiophene rings is 1. The van der Waals surface area contributed by atoms with Gasteiger partial charge in [0, 0.05) is 6.54 Å². The highest BCUT2D eigenvalue weighted by Crippen LogP contribution is 2.38. The first-order valence-electron chi connectivity index (χ1n) is 8.69. The fourth-order valence-electron chi connectivity index (χ4n) is 3.13. The van der Waals surface area contributed by atoms with Gasteiger partial charge in [0.2, 0.25) is 5.82 Å². The highest BCUT2D eigenvalue weighted by atomic mass is 32.1. The molecule has 0 amide bonds. The number of aromatic nitrogens is 3. The number of alkyl halides is 3. The highest BCUT2D eigenvalue weighted by Gasteiger charge is 2.33. The third kappa shape index (κ3) is 3.49. The predicted molar refractivity (Wildman–Crippen MR) is 103 cm³/mol. The first-order chi connectivity index (χ1) is 14.0. The van der Waals surface area contributed by atoms with Crippen LogP contribution in [0.1, 0.15) is 17.5 Å². The van der Waals surface area contributed by atoms with E-state index in [4.69, 9.17) is 9.26 Å². The quantitative estimate of drug-likeness (QED) is 0.448. The van der Waals surface area contributed by atoms with Crippen LogP contribution in [0.25, 0.3) is 20.9 Å². The van der Waals surface area contributed by atoms with Crippen LogP contribution in [0.5, 0.6) is 0 Å². The number of anilines is 1. The number of rotatable bonds is 3. The lowest BCUT2D eigenvalue weighted by Gasteiger charge is -2.32. The van der Waals surface area contributed by atoms with Crippen molar-refractivity contribution in [3.05, 3.63) is 47.2 Å². The summed E-state index contributed by atoms with van der Waals surface area (Å²) in [5, 5.41) is 6.57. The maximum atomic E-state index is 13.0. The first-order valence-corrected chi connectivity index (χ1v) is 10.4. The molecule has 1 atom stereocenters. The molecule has 1 aliphatic rings. The Balaban J connectivity index is 1.48. The molecule has 0 bridgehead atoms. The summed E-state index contributed by atoms with van der Waals surface area (Å²) in [5.74, 6) is 0.892. The second kappa shape index (κ2) is 7.08. The number of hydrogen-bond donors (Lipinski definition) is 0. The summed E-state index contributed by atoms with van der Waals surface area (Å²) in [6.45, 7) is 1.33. The number of hydrogen-bond acceptors (Lipinski definition) is 8. The standard InChI is InChI=1S/C18H13F3N4O2S2/c19-18(20,21)10-3-4-13-11(8-10)22-17(29-13)25-5-6-26-9-12(25)16-23-15(24-27-16)14-2-1-7-28-14/h1-4,7-8,12H,5-6,9H2/t12-/m1/s1. The van der Waals surface area contributed by atoms with Gasteiger partial charge in [-0.25, -0.2) is 4.98 Å². The average Bonchev–Trinajstić information content (AvgIpc) is 3.46. The van der Waals surface area contributed by atoms with E-state index >= 15 is 0 Å². The lowest BCUT2D eigenvalue weighted by Crippen LogP contribution is -2.39.